The molecular formula is C12H20O4. The number of hydrogen-bond acceptors (Lipinski definition) is 3. The van der Waals surface area contributed by atoms with Crippen LogP contribution in [0.25, 0.3) is 0 Å². The van der Waals surface area contributed by atoms with Crippen LogP contribution in [0.2, 0.25) is 0 Å². The lowest BCUT2D eigenvalue weighted by molar-refractivity contribution is -0.137. The van der Waals surface area contributed by atoms with Crippen LogP contribution < -0.4 is 0 Å². The van der Waals surface area contributed by atoms with Crippen molar-refractivity contribution in [3.8, 4) is 0 Å². The Kier molecular flexibility index (Phi) is 3.50. The number of ether oxygens (including phenoxy) is 1. The number of rotatable bonds is 5. The van der Waals surface area contributed by atoms with Crippen molar-refractivity contribution in [3.63, 3.8) is 0 Å². The summed E-state index contributed by atoms with van der Waals surface area (Å²) < 4.78 is 5.63. The Bertz CT molecular complexity index is 266. The number of carboxylic acid groups (broad SMARTS) is 1. The summed E-state index contributed by atoms with van der Waals surface area (Å²) in [5.41, 5.74) is -0.475. The molecule has 2 aliphatic rings. The number of carboxylic acids is 1. The molecule has 0 radical (unpaired) electrons. The van der Waals surface area contributed by atoms with Crippen LogP contribution in [0.5, 0.6) is 0 Å². The van der Waals surface area contributed by atoms with E-state index in [-0.39, 0.29) is 12.5 Å². The summed E-state index contributed by atoms with van der Waals surface area (Å²) >= 11 is 0. The Hall–Kier alpha value is -0.610. The molecule has 16 heavy (non-hydrogen) atoms. The Balaban J connectivity index is 1.67. The zero-order valence-electron chi connectivity index (χ0n) is 9.52. The second-order valence-corrected chi connectivity index (χ2v) is 5.12. The van der Waals surface area contributed by atoms with Crippen LogP contribution in [-0.2, 0) is 9.53 Å². The third kappa shape index (κ3) is 2.55. The van der Waals surface area contributed by atoms with Crippen LogP contribution in [0.15, 0.2) is 0 Å². The van der Waals surface area contributed by atoms with Crippen molar-refractivity contribution in [2.45, 2.75) is 56.7 Å². The van der Waals surface area contributed by atoms with E-state index in [9.17, 15) is 9.90 Å². The van der Waals surface area contributed by atoms with Gasteiger partial charge in [-0.3, -0.25) is 4.79 Å². The van der Waals surface area contributed by atoms with E-state index in [0.29, 0.717) is 18.9 Å². The van der Waals surface area contributed by atoms with Crippen molar-refractivity contribution in [1.82, 2.24) is 0 Å². The maximum Gasteiger partial charge on any atom is 0.303 e. The Morgan fingerprint density at radius 1 is 1.50 bits per heavy atom. The van der Waals surface area contributed by atoms with Gasteiger partial charge < -0.3 is 14.9 Å². The molecule has 2 fully saturated rings. The molecule has 4 nitrogen and oxygen atoms in total. The monoisotopic (exact) mass is 228 g/mol. The van der Waals surface area contributed by atoms with Gasteiger partial charge in [0.05, 0.1) is 11.7 Å². The third-order valence-corrected chi connectivity index (χ3v) is 3.94. The number of carbonyl (C=O) groups is 1. The summed E-state index contributed by atoms with van der Waals surface area (Å²) in [6, 6.07) is 0. The van der Waals surface area contributed by atoms with E-state index < -0.39 is 11.6 Å². The van der Waals surface area contributed by atoms with E-state index in [0.717, 1.165) is 32.1 Å². The van der Waals surface area contributed by atoms with Gasteiger partial charge in [0, 0.05) is 19.4 Å². The molecule has 2 N–H and O–H groups in total. The van der Waals surface area contributed by atoms with Gasteiger partial charge in [-0.25, -0.2) is 0 Å². The zero-order chi connectivity index (χ0) is 11.6. The summed E-state index contributed by atoms with van der Waals surface area (Å²) in [7, 11) is 0. The zero-order valence-corrected chi connectivity index (χ0v) is 9.52. The first kappa shape index (κ1) is 11.9. The standard InChI is InChI=1S/C12H20O4/c13-11(14)4-2-6-16-10-7-9-3-1-5-12(9,15)8-10/h9-10,15H,1-8H2,(H,13,14)/t9-,10?,12-/m0/s1. The van der Waals surface area contributed by atoms with Crippen LogP contribution in [0.4, 0.5) is 0 Å². The van der Waals surface area contributed by atoms with Crippen molar-refractivity contribution >= 4 is 5.97 Å². The highest BCUT2D eigenvalue weighted by Gasteiger charge is 2.48. The first-order valence-corrected chi connectivity index (χ1v) is 6.16. The summed E-state index contributed by atoms with van der Waals surface area (Å²) in [6.45, 7) is 0.500. The SMILES string of the molecule is O=C(O)CCCOC1C[C@@H]2CCC[C@]2(O)C1. The van der Waals surface area contributed by atoms with Gasteiger partial charge in [0.2, 0.25) is 0 Å². The van der Waals surface area contributed by atoms with Crippen LogP contribution in [0.1, 0.15) is 44.9 Å². The quantitative estimate of drug-likeness (QED) is 0.701. The molecule has 2 rings (SSSR count). The largest absolute Gasteiger partial charge is 0.481 e. The van der Waals surface area contributed by atoms with Gasteiger partial charge in [-0.05, 0) is 31.6 Å². The van der Waals surface area contributed by atoms with E-state index in [4.69, 9.17) is 9.84 Å². The number of fused-ring (bicyclic) bond motifs is 1. The Morgan fingerprint density at radius 2 is 2.31 bits per heavy atom. The summed E-state index contributed by atoms with van der Waals surface area (Å²) in [4.78, 5) is 10.3. The van der Waals surface area contributed by atoms with Gasteiger partial charge in [-0.1, -0.05) is 6.42 Å². The smallest absolute Gasteiger partial charge is 0.303 e. The fourth-order valence-electron chi connectivity index (χ4n) is 3.13. The second kappa shape index (κ2) is 4.72. The molecule has 0 aliphatic heterocycles. The molecule has 0 aromatic heterocycles. The average Bonchev–Trinajstić information content (AvgIpc) is 2.66. The lowest BCUT2D eigenvalue weighted by Gasteiger charge is -2.21. The fraction of sp³-hybridized carbons (Fsp3) is 0.917. The molecule has 2 saturated carbocycles. The molecule has 92 valence electrons. The number of aliphatic carboxylic acids is 1. The summed E-state index contributed by atoms with van der Waals surface area (Å²) in [6.07, 6.45) is 5.72. The molecule has 0 amide bonds. The highest BCUT2D eigenvalue weighted by molar-refractivity contribution is 5.66. The Labute approximate surface area is 95.6 Å². The van der Waals surface area contributed by atoms with Gasteiger partial charge in [-0.15, -0.1) is 0 Å². The van der Waals surface area contributed by atoms with Crippen LogP contribution in [0.3, 0.4) is 0 Å². The minimum Gasteiger partial charge on any atom is -0.481 e. The predicted octanol–water partition coefficient (Wildman–Crippen LogP) is 1.56. The van der Waals surface area contributed by atoms with Gasteiger partial charge >= 0.3 is 5.97 Å². The molecule has 0 spiro atoms. The maximum absolute atomic E-state index is 10.3. The summed E-state index contributed by atoms with van der Waals surface area (Å²) in [5, 5.41) is 18.8. The van der Waals surface area contributed by atoms with Gasteiger partial charge in [0.15, 0.2) is 0 Å². The first-order chi connectivity index (χ1) is 7.60. The summed E-state index contributed by atoms with van der Waals surface area (Å²) in [5.74, 6) is -0.359. The van der Waals surface area contributed by atoms with Crippen molar-refractivity contribution in [3.05, 3.63) is 0 Å². The molecule has 0 aromatic carbocycles. The van der Waals surface area contributed by atoms with Gasteiger partial charge in [0.25, 0.3) is 0 Å². The lowest BCUT2D eigenvalue weighted by Crippen LogP contribution is -2.27. The van der Waals surface area contributed by atoms with E-state index in [1.54, 1.807) is 0 Å². The fourth-order valence-corrected chi connectivity index (χ4v) is 3.13. The minimum atomic E-state index is -0.773. The van der Waals surface area contributed by atoms with E-state index >= 15 is 0 Å². The van der Waals surface area contributed by atoms with Crippen LogP contribution in [0, 0.1) is 5.92 Å². The number of hydrogen-bond donors (Lipinski definition) is 2. The molecular weight excluding hydrogens is 208 g/mol. The van der Waals surface area contributed by atoms with Crippen molar-refractivity contribution in [2.75, 3.05) is 6.61 Å². The molecule has 0 heterocycles. The Morgan fingerprint density at radius 3 is 3.00 bits per heavy atom. The first-order valence-electron chi connectivity index (χ1n) is 6.16. The number of aliphatic hydroxyl groups is 1. The molecule has 2 aliphatic carbocycles. The van der Waals surface area contributed by atoms with E-state index in [1.807, 2.05) is 0 Å². The molecule has 1 unspecified atom stereocenters. The molecule has 4 heteroatoms. The second-order valence-electron chi connectivity index (χ2n) is 5.12. The topological polar surface area (TPSA) is 66.8 Å². The molecule has 3 atom stereocenters. The van der Waals surface area contributed by atoms with Crippen molar-refractivity contribution in [2.24, 2.45) is 5.92 Å². The normalized spacial score (nSPS) is 37.6. The van der Waals surface area contributed by atoms with Crippen molar-refractivity contribution < 1.29 is 19.7 Å². The van der Waals surface area contributed by atoms with Crippen LogP contribution >= 0.6 is 0 Å². The highest BCUT2D eigenvalue weighted by Crippen LogP contribution is 2.48. The predicted molar refractivity (Wildman–Crippen MR) is 58.1 cm³/mol. The van der Waals surface area contributed by atoms with E-state index in [1.165, 1.54) is 0 Å². The maximum atomic E-state index is 10.3. The minimum absolute atomic E-state index is 0.143. The molecule has 0 saturated heterocycles. The average molecular weight is 228 g/mol. The van der Waals surface area contributed by atoms with Crippen LogP contribution in [-0.4, -0.2) is 34.5 Å². The van der Waals surface area contributed by atoms with Gasteiger partial charge in [0.1, 0.15) is 0 Å². The van der Waals surface area contributed by atoms with E-state index in [2.05, 4.69) is 0 Å². The van der Waals surface area contributed by atoms with Gasteiger partial charge in [-0.2, -0.15) is 0 Å². The third-order valence-electron chi connectivity index (χ3n) is 3.94. The highest BCUT2D eigenvalue weighted by atomic mass is 16.5. The molecule has 0 bridgehead atoms. The lowest BCUT2D eigenvalue weighted by atomic mass is 9.95. The molecule has 0 aromatic rings. The van der Waals surface area contributed by atoms with Crippen molar-refractivity contribution in [1.29, 1.82) is 0 Å².